The van der Waals surface area contributed by atoms with E-state index in [9.17, 15) is 0 Å². The van der Waals surface area contributed by atoms with Gasteiger partial charge < -0.3 is 4.57 Å². The second-order valence-corrected chi connectivity index (χ2v) is 5.17. The van der Waals surface area contributed by atoms with Crippen molar-refractivity contribution in [3.05, 3.63) is 52.5 Å². The lowest BCUT2D eigenvalue weighted by atomic mass is 9.96. The minimum absolute atomic E-state index is 0.462. The summed E-state index contributed by atoms with van der Waals surface area (Å²) in [6.45, 7) is 0. The van der Waals surface area contributed by atoms with Crippen LogP contribution >= 0.6 is 15.9 Å². The van der Waals surface area contributed by atoms with Gasteiger partial charge in [-0.05, 0) is 37.0 Å². The molecule has 1 atom stereocenters. The Kier molecular flexibility index (Phi) is 2.56. The largest absolute Gasteiger partial charge is 0.327 e. The summed E-state index contributed by atoms with van der Waals surface area (Å²) in [6.07, 6.45) is 7.57. The second kappa shape index (κ2) is 4.06. The minimum Gasteiger partial charge on any atom is -0.327 e. The Morgan fingerprint density at radius 1 is 1.38 bits per heavy atom. The van der Waals surface area contributed by atoms with Crippen molar-refractivity contribution in [1.29, 1.82) is 0 Å². The van der Waals surface area contributed by atoms with Crippen LogP contribution in [0.15, 0.2) is 41.3 Å². The van der Waals surface area contributed by atoms with E-state index in [0.29, 0.717) is 6.04 Å². The molecule has 2 nitrogen and oxygen atoms in total. The standard InChI is InChI=1S/C13H13BrN2/c14-11-4-1-3-10(7-11)13-6-2-5-12-8-15-9-16(12)13/h1,3-4,7-9,13H,2,5-6H2. The summed E-state index contributed by atoms with van der Waals surface area (Å²) < 4.78 is 3.46. The average Bonchev–Trinajstić information content (AvgIpc) is 2.76. The molecule has 3 rings (SSSR count). The fourth-order valence-electron chi connectivity index (χ4n) is 2.46. The molecule has 0 spiro atoms. The molecule has 2 heterocycles. The molecule has 1 aliphatic heterocycles. The Balaban J connectivity index is 2.04. The maximum absolute atomic E-state index is 4.25. The molecule has 16 heavy (non-hydrogen) atoms. The zero-order valence-corrected chi connectivity index (χ0v) is 10.5. The first-order chi connectivity index (χ1) is 7.84. The van der Waals surface area contributed by atoms with Gasteiger partial charge in [0.1, 0.15) is 0 Å². The molecular weight excluding hydrogens is 264 g/mol. The van der Waals surface area contributed by atoms with E-state index >= 15 is 0 Å². The number of halogens is 1. The SMILES string of the molecule is Brc1cccc(C2CCCc3cncn32)c1. The summed E-state index contributed by atoms with van der Waals surface area (Å²) in [5.74, 6) is 0. The maximum atomic E-state index is 4.25. The number of aryl methyl sites for hydroxylation is 1. The van der Waals surface area contributed by atoms with Crippen molar-refractivity contribution in [3.63, 3.8) is 0 Å². The number of hydrogen-bond donors (Lipinski definition) is 0. The van der Waals surface area contributed by atoms with Crippen LogP contribution in [0.3, 0.4) is 0 Å². The first kappa shape index (κ1) is 10.1. The van der Waals surface area contributed by atoms with Crippen molar-refractivity contribution in [2.45, 2.75) is 25.3 Å². The number of hydrogen-bond acceptors (Lipinski definition) is 1. The number of nitrogens with zero attached hydrogens (tertiary/aromatic N) is 2. The third-order valence-electron chi connectivity index (χ3n) is 3.23. The quantitative estimate of drug-likeness (QED) is 0.779. The van der Waals surface area contributed by atoms with Gasteiger partial charge in [0, 0.05) is 16.4 Å². The van der Waals surface area contributed by atoms with Crippen molar-refractivity contribution in [2.24, 2.45) is 0 Å². The number of fused-ring (bicyclic) bond motifs is 1. The van der Waals surface area contributed by atoms with E-state index in [4.69, 9.17) is 0 Å². The molecule has 2 aromatic rings. The highest BCUT2D eigenvalue weighted by Gasteiger charge is 2.20. The van der Waals surface area contributed by atoms with Crippen LogP contribution in [0, 0.1) is 0 Å². The monoisotopic (exact) mass is 276 g/mol. The first-order valence-electron chi connectivity index (χ1n) is 5.61. The van der Waals surface area contributed by atoms with E-state index in [2.05, 4.69) is 49.7 Å². The summed E-state index contributed by atoms with van der Waals surface area (Å²) in [5, 5.41) is 0. The summed E-state index contributed by atoms with van der Waals surface area (Å²) >= 11 is 3.53. The molecule has 0 bridgehead atoms. The predicted octanol–water partition coefficient (Wildman–Crippen LogP) is 3.57. The first-order valence-corrected chi connectivity index (χ1v) is 6.40. The Hall–Kier alpha value is -1.09. The highest BCUT2D eigenvalue weighted by Crippen LogP contribution is 2.31. The molecule has 0 saturated heterocycles. The third kappa shape index (κ3) is 1.69. The smallest absolute Gasteiger partial charge is 0.0953 e. The van der Waals surface area contributed by atoms with Crippen LogP contribution in [0.2, 0.25) is 0 Å². The Bertz CT molecular complexity index is 504. The predicted molar refractivity (Wildman–Crippen MR) is 67.4 cm³/mol. The summed E-state index contributed by atoms with van der Waals surface area (Å²) in [7, 11) is 0. The van der Waals surface area contributed by atoms with E-state index in [1.807, 2.05) is 12.5 Å². The Morgan fingerprint density at radius 2 is 2.31 bits per heavy atom. The zero-order valence-electron chi connectivity index (χ0n) is 8.94. The number of aromatic nitrogens is 2. The van der Waals surface area contributed by atoms with E-state index in [1.165, 1.54) is 24.1 Å². The van der Waals surface area contributed by atoms with Crippen LogP contribution in [0.25, 0.3) is 0 Å². The Labute approximate surface area is 103 Å². The number of benzene rings is 1. The molecule has 82 valence electrons. The van der Waals surface area contributed by atoms with E-state index in [1.54, 1.807) is 0 Å². The Morgan fingerprint density at radius 3 is 3.19 bits per heavy atom. The molecule has 1 aromatic carbocycles. The lowest BCUT2D eigenvalue weighted by Gasteiger charge is -2.26. The molecule has 1 aromatic heterocycles. The molecule has 0 saturated carbocycles. The number of rotatable bonds is 1. The lowest BCUT2D eigenvalue weighted by Crippen LogP contribution is -2.17. The maximum Gasteiger partial charge on any atom is 0.0953 e. The molecule has 1 aliphatic rings. The van der Waals surface area contributed by atoms with Gasteiger partial charge in [0.25, 0.3) is 0 Å². The molecule has 3 heteroatoms. The van der Waals surface area contributed by atoms with E-state index < -0.39 is 0 Å². The van der Waals surface area contributed by atoms with Crippen LogP contribution in [0.1, 0.15) is 30.1 Å². The van der Waals surface area contributed by atoms with Crippen LogP contribution < -0.4 is 0 Å². The van der Waals surface area contributed by atoms with E-state index in [0.717, 1.165) is 10.9 Å². The van der Waals surface area contributed by atoms with Gasteiger partial charge in [-0.3, -0.25) is 0 Å². The second-order valence-electron chi connectivity index (χ2n) is 4.26. The van der Waals surface area contributed by atoms with Crippen molar-refractivity contribution in [1.82, 2.24) is 9.55 Å². The van der Waals surface area contributed by atoms with Gasteiger partial charge in [0.2, 0.25) is 0 Å². The summed E-state index contributed by atoms with van der Waals surface area (Å²) in [4.78, 5) is 4.25. The third-order valence-corrected chi connectivity index (χ3v) is 3.72. The fourth-order valence-corrected chi connectivity index (χ4v) is 2.88. The molecule has 1 unspecified atom stereocenters. The highest BCUT2D eigenvalue weighted by molar-refractivity contribution is 9.10. The van der Waals surface area contributed by atoms with E-state index in [-0.39, 0.29) is 0 Å². The van der Waals surface area contributed by atoms with Crippen molar-refractivity contribution in [3.8, 4) is 0 Å². The molecule has 0 fully saturated rings. The molecular formula is C13H13BrN2. The lowest BCUT2D eigenvalue weighted by molar-refractivity contribution is 0.457. The van der Waals surface area contributed by atoms with Gasteiger partial charge in [-0.15, -0.1) is 0 Å². The molecule has 0 amide bonds. The van der Waals surface area contributed by atoms with Gasteiger partial charge in [0.15, 0.2) is 0 Å². The molecule has 0 N–H and O–H groups in total. The topological polar surface area (TPSA) is 17.8 Å². The highest BCUT2D eigenvalue weighted by atomic mass is 79.9. The van der Waals surface area contributed by atoms with Crippen LogP contribution in [0.4, 0.5) is 0 Å². The molecule has 0 radical (unpaired) electrons. The van der Waals surface area contributed by atoms with Crippen molar-refractivity contribution in [2.75, 3.05) is 0 Å². The fraction of sp³-hybridized carbons (Fsp3) is 0.308. The average molecular weight is 277 g/mol. The van der Waals surface area contributed by atoms with Gasteiger partial charge in [-0.2, -0.15) is 0 Å². The van der Waals surface area contributed by atoms with Gasteiger partial charge in [-0.1, -0.05) is 28.1 Å². The molecule has 0 aliphatic carbocycles. The minimum atomic E-state index is 0.462. The zero-order chi connectivity index (χ0) is 11.0. The van der Waals surface area contributed by atoms with Gasteiger partial charge >= 0.3 is 0 Å². The van der Waals surface area contributed by atoms with Gasteiger partial charge in [-0.25, -0.2) is 4.98 Å². The summed E-state index contributed by atoms with van der Waals surface area (Å²) in [6, 6.07) is 9.04. The number of imidazole rings is 1. The normalized spacial score (nSPS) is 19.4. The van der Waals surface area contributed by atoms with Crippen molar-refractivity contribution >= 4 is 15.9 Å². The van der Waals surface area contributed by atoms with Crippen LogP contribution in [-0.2, 0) is 6.42 Å². The van der Waals surface area contributed by atoms with Crippen LogP contribution in [-0.4, -0.2) is 9.55 Å². The van der Waals surface area contributed by atoms with Crippen molar-refractivity contribution < 1.29 is 0 Å². The summed E-state index contributed by atoms with van der Waals surface area (Å²) in [5.41, 5.74) is 2.73. The van der Waals surface area contributed by atoms with Crippen LogP contribution in [0.5, 0.6) is 0 Å². The van der Waals surface area contributed by atoms with Gasteiger partial charge in [0.05, 0.1) is 12.4 Å².